The van der Waals surface area contributed by atoms with Crippen LogP contribution in [0.2, 0.25) is 0 Å². The standard InChI is InChI=1S/C10H19NS/c1-7(2)9-4-10(5-9)11-8(3)6-12-10/h7-9,11H,4-6H2,1-3H3. The molecule has 0 amide bonds. The summed E-state index contributed by atoms with van der Waals surface area (Å²) >= 11 is 2.15. The first-order chi connectivity index (χ1) is 5.61. The van der Waals surface area contributed by atoms with Crippen molar-refractivity contribution < 1.29 is 0 Å². The zero-order chi connectivity index (χ0) is 8.77. The fourth-order valence-corrected chi connectivity index (χ4v) is 3.91. The minimum Gasteiger partial charge on any atom is -0.299 e. The molecule has 1 N–H and O–H groups in total. The number of rotatable bonds is 1. The van der Waals surface area contributed by atoms with Gasteiger partial charge in [-0.2, -0.15) is 0 Å². The Labute approximate surface area is 79.7 Å². The molecule has 2 aliphatic rings. The van der Waals surface area contributed by atoms with Crippen molar-refractivity contribution in [3.05, 3.63) is 0 Å². The molecule has 1 aliphatic heterocycles. The Kier molecular flexibility index (Phi) is 2.16. The molecule has 2 heteroatoms. The maximum absolute atomic E-state index is 3.71. The molecule has 0 aromatic carbocycles. The van der Waals surface area contributed by atoms with Gasteiger partial charge in [-0.05, 0) is 31.6 Å². The summed E-state index contributed by atoms with van der Waals surface area (Å²) < 4.78 is 0. The van der Waals surface area contributed by atoms with Crippen molar-refractivity contribution in [2.24, 2.45) is 11.8 Å². The fourth-order valence-electron chi connectivity index (χ4n) is 2.31. The normalized spacial score (nSPS) is 47.0. The van der Waals surface area contributed by atoms with Crippen molar-refractivity contribution in [1.82, 2.24) is 5.32 Å². The Morgan fingerprint density at radius 3 is 2.50 bits per heavy atom. The highest BCUT2D eigenvalue weighted by molar-refractivity contribution is 8.01. The van der Waals surface area contributed by atoms with Crippen molar-refractivity contribution in [2.45, 2.75) is 44.5 Å². The summed E-state index contributed by atoms with van der Waals surface area (Å²) in [6.45, 7) is 6.99. The molecule has 1 atom stereocenters. The molecule has 0 aromatic rings. The lowest BCUT2D eigenvalue weighted by Gasteiger charge is -2.47. The van der Waals surface area contributed by atoms with Crippen LogP contribution in [0.1, 0.15) is 33.6 Å². The zero-order valence-corrected chi connectivity index (χ0v) is 9.08. The molecule has 12 heavy (non-hydrogen) atoms. The van der Waals surface area contributed by atoms with Crippen LogP contribution in [-0.4, -0.2) is 16.7 Å². The summed E-state index contributed by atoms with van der Waals surface area (Å²) in [5.41, 5.74) is 0. The second-order valence-electron chi connectivity index (χ2n) is 4.76. The molecule has 2 rings (SSSR count). The Morgan fingerprint density at radius 2 is 2.08 bits per heavy atom. The monoisotopic (exact) mass is 185 g/mol. The van der Waals surface area contributed by atoms with Crippen LogP contribution in [-0.2, 0) is 0 Å². The second-order valence-corrected chi connectivity index (χ2v) is 6.17. The van der Waals surface area contributed by atoms with E-state index < -0.39 is 0 Å². The average molecular weight is 185 g/mol. The largest absolute Gasteiger partial charge is 0.299 e. The summed E-state index contributed by atoms with van der Waals surface area (Å²) in [4.78, 5) is 0.508. The quantitative estimate of drug-likeness (QED) is 0.673. The van der Waals surface area contributed by atoms with Crippen LogP contribution in [0.4, 0.5) is 0 Å². The molecule has 0 bridgehead atoms. The predicted octanol–water partition coefficient (Wildman–Crippen LogP) is 2.47. The van der Waals surface area contributed by atoms with Crippen molar-refractivity contribution in [3.63, 3.8) is 0 Å². The van der Waals surface area contributed by atoms with Gasteiger partial charge >= 0.3 is 0 Å². The maximum atomic E-state index is 3.71. The summed E-state index contributed by atoms with van der Waals surface area (Å²) in [6.07, 6.45) is 2.80. The molecule has 1 heterocycles. The van der Waals surface area contributed by atoms with Gasteiger partial charge in [0.1, 0.15) is 0 Å². The smallest absolute Gasteiger partial charge is 0.0653 e. The summed E-state index contributed by atoms with van der Waals surface area (Å²) in [6, 6.07) is 0.739. The number of thioether (sulfide) groups is 1. The third kappa shape index (κ3) is 1.39. The van der Waals surface area contributed by atoms with Gasteiger partial charge in [0.2, 0.25) is 0 Å². The predicted molar refractivity (Wildman–Crippen MR) is 55.3 cm³/mol. The van der Waals surface area contributed by atoms with E-state index in [1.807, 2.05) is 0 Å². The minimum absolute atomic E-state index is 0.508. The number of nitrogens with one attached hydrogen (secondary N) is 1. The Morgan fingerprint density at radius 1 is 1.42 bits per heavy atom. The third-order valence-electron chi connectivity index (χ3n) is 3.25. The molecule has 1 unspecified atom stereocenters. The number of hydrogen-bond donors (Lipinski definition) is 1. The summed E-state index contributed by atoms with van der Waals surface area (Å²) in [7, 11) is 0. The molecule has 1 aliphatic carbocycles. The number of hydrogen-bond acceptors (Lipinski definition) is 2. The van der Waals surface area contributed by atoms with Crippen LogP contribution in [0.5, 0.6) is 0 Å². The Hall–Kier alpha value is 0.310. The van der Waals surface area contributed by atoms with E-state index in [0.717, 1.165) is 17.9 Å². The summed E-state index contributed by atoms with van der Waals surface area (Å²) in [5, 5.41) is 3.71. The summed E-state index contributed by atoms with van der Waals surface area (Å²) in [5.74, 6) is 3.18. The Bertz CT molecular complexity index is 173. The molecule has 70 valence electrons. The molecule has 1 saturated carbocycles. The van der Waals surface area contributed by atoms with Gasteiger partial charge < -0.3 is 0 Å². The molecule has 1 saturated heterocycles. The SMILES string of the molecule is CC1CSC2(CC(C(C)C)C2)N1. The second kappa shape index (κ2) is 2.91. The van der Waals surface area contributed by atoms with Gasteiger partial charge in [-0.1, -0.05) is 13.8 Å². The maximum Gasteiger partial charge on any atom is 0.0653 e. The highest BCUT2D eigenvalue weighted by Gasteiger charge is 2.49. The van der Waals surface area contributed by atoms with Crippen LogP contribution >= 0.6 is 11.8 Å². The van der Waals surface area contributed by atoms with Crippen molar-refractivity contribution in [2.75, 3.05) is 5.75 Å². The molecule has 2 fully saturated rings. The van der Waals surface area contributed by atoms with Gasteiger partial charge in [-0.15, -0.1) is 11.8 Å². The van der Waals surface area contributed by atoms with Crippen LogP contribution < -0.4 is 5.32 Å². The Balaban J connectivity index is 1.87. The van der Waals surface area contributed by atoms with Gasteiger partial charge in [-0.25, -0.2) is 0 Å². The first kappa shape index (κ1) is 8.89. The van der Waals surface area contributed by atoms with E-state index in [0.29, 0.717) is 4.87 Å². The molecule has 0 radical (unpaired) electrons. The van der Waals surface area contributed by atoms with Crippen molar-refractivity contribution in [3.8, 4) is 0 Å². The first-order valence-corrected chi connectivity index (χ1v) is 6.01. The van der Waals surface area contributed by atoms with Gasteiger partial charge in [0.15, 0.2) is 0 Å². The first-order valence-electron chi connectivity index (χ1n) is 5.03. The van der Waals surface area contributed by atoms with E-state index in [9.17, 15) is 0 Å². The molecule has 1 nitrogen and oxygen atoms in total. The zero-order valence-electron chi connectivity index (χ0n) is 8.26. The minimum atomic E-state index is 0.508. The third-order valence-corrected chi connectivity index (χ3v) is 4.92. The van der Waals surface area contributed by atoms with E-state index in [1.54, 1.807) is 0 Å². The van der Waals surface area contributed by atoms with Crippen LogP contribution in [0, 0.1) is 11.8 Å². The fraction of sp³-hybridized carbons (Fsp3) is 1.00. The highest BCUT2D eigenvalue weighted by Crippen LogP contribution is 2.51. The van der Waals surface area contributed by atoms with E-state index in [2.05, 4.69) is 37.8 Å². The van der Waals surface area contributed by atoms with E-state index in [4.69, 9.17) is 0 Å². The lowest BCUT2D eigenvalue weighted by molar-refractivity contribution is 0.144. The van der Waals surface area contributed by atoms with E-state index in [-0.39, 0.29) is 0 Å². The van der Waals surface area contributed by atoms with E-state index in [1.165, 1.54) is 18.6 Å². The average Bonchev–Trinajstić information content (AvgIpc) is 2.27. The lowest BCUT2D eigenvalue weighted by atomic mass is 9.73. The van der Waals surface area contributed by atoms with Gasteiger partial charge in [0, 0.05) is 11.8 Å². The van der Waals surface area contributed by atoms with Crippen molar-refractivity contribution in [1.29, 1.82) is 0 Å². The van der Waals surface area contributed by atoms with Gasteiger partial charge in [0.05, 0.1) is 4.87 Å². The molecule has 0 aromatic heterocycles. The van der Waals surface area contributed by atoms with Crippen LogP contribution in [0.25, 0.3) is 0 Å². The van der Waals surface area contributed by atoms with Crippen LogP contribution in [0.15, 0.2) is 0 Å². The van der Waals surface area contributed by atoms with Gasteiger partial charge in [-0.3, -0.25) is 5.32 Å². The molecular formula is C10H19NS. The topological polar surface area (TPSA) is 12.0 Å². The lowest BCUT2D eigenvalue weighted by Crippen LogP contribution is -2.52. The molecule has 1 spiro atoms. The molecular weight excluding hydrogens is 166 g/mol. The van der Waals surface area contributed by atoms with E-state index >= 15 is 0 Å². The van der Waals surface area contributed by atoms with Crippen LogP contribution in [0.3, 0.4) is 0 Å². The highest BCUT2D eigenvalue weighted by atomic mass is 32.2. The van der Waals surface area contributed by atoms with Gasteiger partial charge in [0.25, 0.3) is 0 Å². The van der Waals surface area contributed by atoms with Crippen molar-refractivity contribution >= 4 is 11.8 Å².